The maximum atomic E-state index is 12.8. The van der Waals surface area contributed by atoms with Crippen molar-refractivity contribution in [2.75, 3.05) is 19.8 Å². The fourth-order valence-corrected chi connectivity index (χ4v) is 5.42. The maximum absolute atomic E-state index is 12.8. The van der Waals surface area contributed by atoms with E-state index >= 15 is 0 Å². The molecular formula is C14H22N2O3S2. The Bertz CT molecular complexity index is 581. The van der Waals surface area contributed by atoms with Gasteiger partial charge in [-0.2, -0.15) is 4.31 Å². The van der Waals surface area contributed by atoms with Crippen molar-refractivity contribution in [1.82, 2.24) is 9.62 Å². The second kappa shape index (κ2) is 6.34. The molecule has 2 aliphatic rings. The lowest BCUT2D eigenvalue weighted by atomic mass is 10.2. The van der Waals surface area contributed by atoms with Crippen LogP contribution in [0.2, 0.25) is 0 Å². The molecule has 1 N–H and O–H groups in total. The second-order valence-electron chi connectivity index (χ2n) is 5.66. The molecule has 1 saturated heterocycles. The van der Waals surface area contributed by atoms with Gasteiger partial charge in [-0.25, -0.2) is 8.42 Å². The van der Waals surface area contributed by atoms with Crippen LogP contribution in [0.1, 0.15) is 31.1 Å². The molecule has 1 atom stereocenters. The minimum atomic E-state index is -3.39. The van der Waals surface area contributed by atoms with Gasteiger partial charge in [-0.15, -0.1) is 11.3 Å². The third-order valence-corrected chi connectivity index (χ3v) is 7.04. The number of hydrogen-bond acceptors (Lipinski definition) is 5. The summed E-state index contributed by atoms with van der Waals surface area (Å²) >= 11 is 1.52. The SMILES string of the molecule is CCC1COCCN1S(=O)(=O)c1csc(CNC2CC2)c1. The molecule has 1 unspecified atom stereocenters. The van der Waals surface area contributed by atoms with Crippen LogP contribution in [0.15, 0.2) is 16.3 Å². The zero-order chi connectivity index (χ0) is 14.9. The zero-order valence-corrected chi connectivity index (χ0v) is 13.9. The minimum Gasteiger partial charge on any atom is -0.378 e. The van der Waals surface area contributed by atoms with Crippen LogP contribution in [-0.2, 0) is 21.3 Å². The standard InChI is InChI=1S/C14H22N2O3S2/c1-2-12-9-19-6-5-16(12)21(17,18)14-7-13(20-10-14)8-15-11-3-4-11/h7,10-12,15H,2-6,8-9H2,1H3. The van der Waals surface area contributed by atoms with Gasteiger partial charge in [-0.3, -0.25) is 0 Å². The molecule has 0 aromatic carbocycles. The Morgan fingerprint density at radius 3 is 3.00 bits per heavy atom. The van der Waals surface area contributed by atoms with E-state index in [1.54, 1.807) is 9.69 Å². The third-order valence-electron chi connectivity index (χ3n) is 4.02. The molecule has 21 heavy (non-hydrogen) atoms. The van der Waals surface area contributed by atoms with Gasteiger partial charge < -0.3 is 10.1 Å². The molecule has 1 aliphatic heterocycles. The third kappa shape index (κ3) is 3.48. The van der Waals surface area contributed by atoms with Crippen LogP contribution < -0.4 is 5.32 Å². The Morgan fingerprint density at radius 1 is 1.48 bits per heavy atom. The van der Waals surface area contributed by atoms with Crippen LogP contribution in [0.3, 0.4) is 0 Å². The average Bonchev–Trinajstić information content (AvgIpc) is 3.20. The Kier molecular flexibility index (Phi) is 4.66. The molecule has 2 heterocycles. The first-order valence-electron chi connectivity index (χ1n) is 7.51. The van der Waals surface area contributed by atoms with E-state index in [2.05, 4.69) is 5.32 Å². The predicted molar refractivity (Wildman–Crippen MR) is 83.0 cm³/mol. The first kappa shape index (κ1) is 15.4. The molecule has 0 spiro atoms. The summed E-state index contributed by atoms with van der Waals surface area (Å²) in [6.07, 6.45) is 3.25. The highest BCUT2D eigenvalue weighted by Gasteiger charge is 2.33. The molecule has 2 fully saturated rings. The molecule has 0 bridgehead atoms. The maximum Gasteiger partial charge on any atom is 0.244 e. The van der Waals surface area contributed by atoms with Crippen molar-refractivity contribution in [2.24, 2.45) is 0 Å². The second-order valence-corrected chi connectivity index (χ2v) is 8.54. The fourth-order valence-electron chi connectivity index (χ4n) is 2.53. The number of hydrogen-bond donors (Lipinski definition) is 1. The normalized spacial score (nSPS) is 24.3. The van der Waals surface area contributed by atoms with Gasteiger partial charge in [0.2, 0.25) is 10.0 Å². The lowest BCUT2D eigenvalue weighted by molar-refractivity contribution is 0.0314. The van der Waals surface area contributed by atoms with Gasteiger partial charge in [0.25, 0.3) is 0 Å². The highest BCUT2D eigenvalue weighted by Crippen LogP contribution is 2.27. The number of sulfonamides is 1. The van der Waals surface area contributed by atoms with Crippen molar-refractivity contribution in [3.8, 4) is 0 Å². The van der Waals surface area contributed by atoms with Crippen molar-refractivity contribution >= 4 is 21.4 Å². The molecule has 0 radical (unpaired) electrons. The van der Waals surface area contributed by atoms with E-state index in [1.165, 1.54) is 24.2 Å². The molecule has 3 rings (SSSR count). The number of nitrogens with zero attached hydrogens (tertiary/aromatic N) is 1. The average molecular weight is 330 g/mol. The lowest BCUT2D eigenvalue weighted by Crippen LogP contribution is -2.48. The van der Waals surface area contributed by atoms with Crippen LogP contribution in [0.4, 0.5) is 0 Å². The minimum absolute atomic E-state index is 0.0447. The summed E-state index contributed by atoms with van der Waals surface area (Å²) in [5.74, 6) is 0. The van der Waals surface area contributed by atoms with Gasteiger partial charge in [0.1, 0.15) is 0 Å². The van der Waals surface area contributed by atoms with Gasteiger partial charge in [-0.05, 0) is 25.3 Å². The molecule has 1 saturated carbocycles. The first-order valence-corrected chi connectivity index (χ1v) is 9.83. The summed E-state index contributed by atoms with van der Waals surface area (Å²) in [5.41, 5.74) is 0. The summed E-state index contributed by atoms with van der Waals surface area (Å²) in [6, 6.07) is 2.41. The summed E-state index contributed by atoms with van der Waals surface area (Å²) in [4.78, 5) is 1.52. The van der Waals surface area contributed by atoms with E-state index in [4.69, 9.17) is 4.74 Å². The van der Waals surface area contributed by atoms with E-state index in [1.807, 2.05) is 13.0 Å². The lowest BCUT2D eigenvalue weighted by Gasteiger charge is -2.33. The van der Waals surface area contributed by atoms with Crippen molar-refractivity contribution in [2.45, 2.75) is 49.7 Å². The fraction of sp³-hybridized carbons (Fsp3) is 0.714. The molecule has 1 aromatic rings. The Hall–Kier alpha value is -0.470. The number of rotatable bonds is 6. The number of thiophene rings is 1. The van der Waals surface area contributed by atoms with E-state index in [-0.39, 0.29) is 6.04 Å². The molecule has 7 heteroatoms. The predicted octanol–water partition coefficient (Wildman–Crippen LogP) is 1.80. The quantitative estimate of drug-likeness (QED) is 0.864. The van der Waals surface area contributed by atoms with Crippen LogP contribution in [0.25, 0.3) is 0 Å². The number of nitrogens with one attached hydrogen (secondary N) is 1. The Morgan fingerprint density at radius 2 is 2.29 bits per heavy atom. The highest BCUT2D eigenvalue weighted by atomic mass is 32.2. The molecule has 1 aliphatic carbocycles. The molecule has 118 valence electrons. The molecule has 0 amide bonds. The smallest absolute Gasteiger partial charge is 0.244 e. The summed E-state index contributed by atoms with van der Waals surface area (Å²) < 4.78 is 32.6. The van der Waals surface area contributed by atoms with E-state index < -0.39 is 10.0 Å². The van der Waals surface area contributed by atoms with E-state index in [0.717, 1.165) is 17.8 Å². The van der Waals surface area contributed by atoms with Crippen molar-refractivity contribution in [1.29, 1.82) is 0 Å². The summed E-state index contributed by atoms with van der Waals surface area (Å²) in [6.45, 7) is 4.20. The summed E-state index contributed by atoms with van der Waals surface area (Å²) in [7, 11) is -3.39. The number of morpholine rings is 1. The van der Waals surface area contributed by atoms with Gasteiger partial charge in [-0.1, -0.05) is 6.92 Å². The number of ether oxygens (including phenoxy) is 1. The van der Waals surface area contributed by atoms with Crippen molar-refractivity contribution < 1.29 is 13.2 Å². The van der Waals surface area contributed by atoms with Crippen LogP contribution in [-0.4, -0.2) is 44.6 Å². The zero-order valence-electron chi connectivity index (χ0n) is 12.2. The van der Waals surface area contributed by atoms with E-state index in [0.29, 0.717) is 30.7 Å². The Labute approximate surface area is 130 Å². The summed E-state index contributed by atoms with van der Waals surface area (Å²) in [5, 5.41) is 5.18. The van der Waals surface area contributed by atoms with Crippen LogP contribution in [0, 0.1) is 0 Å². The molecular weight excluding hydrogens is 308 g/mol. The highest BCUT2D eigenvalue weighted by molar-refractivity contribution is 7.89. The largest absolute Gasteiger partial charge is 0.378 e. The molecule has 5 nitrogen and oxygen atoms in total. The van der Waals surface area contributed by atoms with Gasteiger partial charge in [0.15, 0.2) is 0 Å². The van der Waals surface area contributed by atoms with Gasteiger partial charge in [0.05, 0.1) is 18.1 Å². The van der Waals surface area contributed by atoms with Crippen molar-refractivity contribution in [3.05, 3.63) is 16.3 Å². The van der Waals surface area contributed by atoms with E-state index in [9.17, 15) is 8.42 Å². The molecule has 1 aromatic heterocycles. The van der Waals surface area contributed by atoms with Gasteiger partial charge >= 0.3 is 0 Å². The van der Waals surface area contributed by atoms with Crippen LogP contribution in [0.5, 0.6) is 0 Å². The monoisotopic (exact) mass is 330 g/mol. The topological polar surface area (TPSA) is 58.6 Å². The van der Waals surface area contributed by atoms with Gasteiger partial charge in [0, 0.05) is 35.4 Å². The van der Waals surface area contributed by atoms with Crippen molar-refractivity contribution in [3.63, 3.8) is 0 Å². The Balaban J connectivity index is 1.73. The first-order chi connectivity index (χ1) is 10.1. The van der Waals surface area contributed by atoms with Crippen LogP contribution >= 0.6 is 11.3 Å².